The van der Waals surface area contributed by atoms with Crippen LogP contribution in [0.3, 0.4) is 0 Å². The van der Waals surface area contributed by atoms with Crippen LogP contribution in [0.25, 0.3) is 0 Å². The molecule has 0 bridgehead atoms. The number of Topliss-reactive ketones (excluding diaryl/α,β-unsaturated/α-hetero) is 2. The summed E-state index contributed by atoms with van der Waals surface area (Å²) in [4.78, 5) is 40.0. The molecule has 0 spiro atoms. The number of amides is 1. The van der Waals surface area contributed by atoms with E-state index in [1.165, 1.54) is 25.1 Å². The number of carbonyl (C=O) groups is 3. The number of rotatable bonds is 2. The number of nitrogens with zero attached hydrogens (tertiary/aromatic N) is 1. The lowest BCUT2D eigenvalue weighted by atomic mass is 9.53. The summed E-state index contributed by atoms with van der Waals surface area (Å²) in [6.45, 7) is 1.69. The average molecular weight is 446 g/mol. The largest absolute Gasteiger partial charge is 0.508 e. The Hall–Kier alpha value is -2.79. The van der Waals surface area contributed by atoms with E-state index in [-0.39, 0.29) is 11.3 Å². The van der Waals surface area contributed by atoms with Crippen molar-refractivity contribution in [3.05, 3.63) is 40.7 Å². The van der Waals surface area contributed by atoms with E-state index in [0.29, 0.717) is 5.56 Å². The molecule has 172 valence electrons. The van der Waals surface area contributed by atoms with Crippen LogP contribution < -0.4 is 5.73 Å². The first-order valence-electron chi connectivity index (χ1n) is 10.3. The third kappa shape index (κ3) is 2.57. The minimum Gasteiger partial charge on any atom is -0.508 e. The van der Waals surface area contributed by atoms with Gasteiger partial charge in [0, 0.05) is 23.5 Å². The van der Waals surface area contributed by atoms with Crippen LogP contribution in [0.4, 0.5) is 0 Å². The van der Waals surface area contributed by atoms with E-state index in [2.05, 4.69) is 0 Å². The maximum absolute atomic E-state index is 13.3. The van der Waals surface area contributed by atoms with Gasteiger partial charge in [-0.2, -0.15) is 0 Å². The number of aliphatic hydroxyl groups is 4. The highest BCUT2D eigenvalue weighted by molar-refractivity contribution is 6.15. The predicted octanol–water partition coefficient (Wildman–Crippen LogP) is -1.18. The van der Waals surface area contributed by atoms with Gasteiger partial charge in [-0.3, -0.25) is 14.4 Å². The molecule has 0 saturated heterocycles. The van der Waals surface area contributed by atoms with Crippen LogP contribution in [-0.2, 0) is 9.59 Å². The van der Waals surface area contributed by atoms with E-state index in [9.17, 15) is 39.9 Å². The van der Waals surface area contributed by atoms with Gasteiger partial charge in [-0.15, -0.1) is 0 Å². The summed E-state index contributed by atoms with van der Waals surface area (Å²) >= 11 is 0. The summed E-state index contributed by atoms with van der Waals surface area (Å²) in [5, 5.41) is 55.2. The Morgan fingerprint density at radius 3 is 2.31 bits per heavy atom. The minimum absolute atomic E-state index is 0.0917. The molecule has 1 fully saturated rings. The summed E-state index contributed by atoms with van der Waals surface area (Å²) in [6, 6.07) is 3.31. The first kappa shape index (κ1) is 22.4. The van der Waals surface area contributed by atoms with Gasteiger partial charge in [0.2, 0.25) is 5.91 Å². The standard InChI is InChI=1S/C22H26N2O8/c1-7-8-5-4-6-9(25)11(8)16(26)12-10(7)17(27)14-15(24(2)3)18(28)13(21(23)31)20(30)22(14,32)19(12)29/h4-7,10,13-15,17-18,25,27-29,32H,1-3H3,(H2,23,31). The van der Waals surface area contributed by atoms with Crippen molar-refractivity contribution in [2.24, 2.45) is 23.5 Å². The smallest absolute Gasteiger partial charge is 0.230 e. The number of hydrogen-bond acceptors (Lipinski definition) is 9. The van der Waals surface area contributed by atoms with Gasteiger partial charge in [-0.05, 0) is 31.6 Å². The summed E-state index contributed by atoms with van der Waals surface area (Å²) in [5.41, 5.74) is 2.44. The van der Waals surface area contributed by atoms with Crippen LogP contribution in [0.5, 0.6) is 5.75 Å². The number of hydrogen-bond donors (Lipinski definition) is 6. The van der Waals surface area contributed by atoms with Crippen molar-refractivity contribution in [2.45, 2.75) is 36.7 Å². The monoisotopic (exact) mass is 446 g/mol. The number of benzene rings is 1. The first-order chi connectivity index (χ1) is 14.9. The molecule has 0 heterocycles. The molecular formula is C22H26N2O8. The maximum Gasteiger partial charge on any atom is 0.230 e. The number of primary amides is 1. The fourth-order valence-corrected chi connectivity index (χ4v) is 5.94. The normalized spacial score (nSPS) is 38.9. The van der Waals surface area contributed by atoms with Gasteiger partial charge < -0.3 is 36.2 Å². The molecule has 3 aliphatic carbocycles. The number of nitrogens with two attached hydrogens (primary N) is 1. The Morgan fingerprint density at radius 2 is 1.75 bits per heavy atom. The van der Waals surface area contributed by atoms with E-state index < -0.39 is 76.3 Å². The Kier molecular flexibility index (Phi) is 4.98. The molecule has 10 heteroatoms. The van der Waals surface area contributed by atoms with Crippen molar-refractivity contribution in [1.29, 1.82) is 0 Å². The van der Waals surface area contributed by atoms with E-state index in [1.54, 1.807) is 19.1 Å². The zero-order valence-corrected chi connectivity index (χ0v) is 17.8. The number of likely N-dealkylation sites (N-methyl/N-ethyl adjacent to an activating group) is 1. The second kappa shape index (κ2) is 7.11. The molecule has 1 aromatic rings. The molecule has 0 aliphatic heterocycles. The second-order valence-electron chi connectivity index (χ2n) is 9.12. The van der Waals surface area contributed by atoms with Gasteiger partial charge in [0.25, 0.3) is 0 Å². The molecule has 3 aliphatic rings. The highest BCUT2D eigenvalue weighted by Crippen LogP contribution is 2.55. The van der Waals surface area contributed by atoms with Crippen LogP contribution in [0.15, 0.2) is 29.5 Å². The van der Waals surface area contributed by atoms with Crippen molar-refractivity contribution < 1.29 is 39.9 Å². The fraction of sp³-hybridized carbons (Fsp3) is 0.500. The maximum atomic E-state index is 13.3. The van der Waals surface area contributed by atoms with E-state index in [0.717, 1.165) is 0 Å². The number of aliphatic hydroxyl groups excluding tert-OH is 3. The van der Waals surface area contributed by atoms with E-state index >= 15 is 0 Å². The number of fused-ring (bicyclic) bond motifs is 3. The molecule has 8 unspecified atom stereocenters. The van der Waals surface area contributed by atoms with Crippen molar-refractivity contribution in [2.75, 3.05) is 14.1 Å². The lowest BCUT2D eigenvalue weighted by Gasteiger charge is -2.56. The van der Waals surface area contributed by atoms with Crippen molar-refractivity contribution in [3.8, 4) is 5.75 Å². The quantitative estimate of drug-likeness (QED) is 0.305. The Balaban J connectivity index is 2.03. The molecule has 4 rings (SSSR count). The van der Waals surface area contributed by atoms with Crippen molar-refractivity contribution in [1.82, 2.24) is 4.90 Å². The van der Waals surface area contributed by atoms with Crippen LogP contribution in [0.2, 0.25) is 0 Å². The molecular weight excluding hydrogens is 420 g/mol. The molecule has 32 heavy (non-hydrogen) atoms. The SMILES string of the molecule is CC1c2cccc(O)c2C(=O)C2=C(O)C3(O)C(=O)C(C(N)=O)C(O)C(N(C)C)C3C(O)C21. The average Bonchev–Trinajstić information content (AvgIpc) is 2.70. The Bertz CT molecular complexity index is 1070. The number of carbonyl (C=O) groups excluding carboxylic acids is 3. The topological polar surface area (TPSA) is 182 Å². The summed E-state index contributed by atoms with van der Waals surface area (Å²) in [7, 11) is 3.04. The van der Waals surface area contributed by atoms with Crippen molar-refractivity contribution >= 4 is 17.5 Å². The molecule has 1 saturated carbocycles. The van der Waals surface area contributed by atoms with Gasteiger partial charge in [-0.1, -0.05) is 19.1 Å². The lowest BCUT2D eigenvalue weighted by molar-refractivity contribution is -0.194. The molecule has 1 amide bonds. The van der Waals surface area contributed by atoms with Crippen molar-refractivity contribution in [3.63, 3.8) is 0 Å². The minimum atomic E-state index is -2.84. The van der Waals surface area contributed by atoms with Gasteiger partial charge >= 0.3 is 0 Å². The molecule has 10 nitrogen and oxygen atoms in total. The van der Waals surface area contributed by atoms with Gasteiger partial charge in [0.15, 0.2) is 17.2 Å². The molecule has 0 radical (unpaired) electrons. The summed E-state index contributed by atoms with van der Waals surface area (Å²) in [6.07, 6.45) is -3.21. The van der Waals surface area contributed by atoms with E-state index in [1.807, 2.05) is 0 Å². The summed E-state index contributed by atoms with van der Waals surface area (Å²) < 4.78 is 0. The number of ketones is 2. The zero-order valence-electron chi connectivity index (χ0n) is 17.8. The molecule has 7 N–H and O–H groups in total. The van der Waals surface area contributed by atoms with Crippen LogP contribution in [-0.4, -0.2) is 85.9 Å². The van der Waals surface area contributed by atoms with Gasteiger partial charge in [0.05, 0.1) is 17.8 Å². The van der Waals surface area contributed by atoms with E-state index in [4.69, 9.17) is 5.73 Å². The lowest BCUT2D eigenvalue weighted by Crippen LogP contribution is -2.74. The van der Waals surface area contributed by atoms with Gasteiger partial charge in [0.1, 0.15) is 17.4 Å². The zero-order chi connectivity index (χ0) is 23.9. The number of aromatic hydroxyl groups is 1. The third-order valence-electron chi connectivity index (χ3n) is 7.36. The number of phenols is 1. The van der Waals surface area contributed by atoms with Crippen LogP contribution in [0, 0.1) is 17.8 Å². The van der Waals surface area contributed by atoms with Gasteiger partial charge in [-0.25, -0.2) is 0 Å². The third-order valence-corrected chi connectivity index (χ3v) is 7.36. The Morgan fingerprint density at radius 1 is 1.12 bits per heavy atom. The second-order valence-corrected chi connectivity index (χ2v) is 9.12. The van der Waals surface area contributed by atoms with Crippen LogP contribution >= 0.6 is 0 Å². The summed E-state index contributed by atoms with van der Waals surface area (Å²) in [5.74, 6) is -9.60. The molecule has 0 aromatic heterocycles. The first-order valence-corrected chi connectivity index (χ1v) is 10.3. The molecule has 8 atom stereocenters. The van der Waals surface area contributed by atoms with Crippen LogP contribution in [0.1, 0.15) is 28.8 Å². The number of phenolic OH excluding ortho intramolecular Hbond substituents is 1. The highest BCUT2D eigenvalue weighted by atomic mass is 16.4. The Labute approximate surface area is 183 Å². The fourth-order valence-electron chi connectivity index (χ4n) is 5.94. The predicted molar refractivity (Wildman–Crippen MR) is 110 cm³/mol. The molecule has 1 aromatic carbocycles. The highest BCUT2D eigenvalue weighted by Gasteiger charge is 2.69.